The Morgan fingerprint density at radius 3 is 2.88 bits per heavy atom. The van der Waals surface area contributed by atoms with E-state index in [4.69, 9.17) is 0 Å². The minimum atomic E-state index is 0.589. The first-order chi connectivity index (χ1) is 11.6. The summed E-state index contributed by atoms with van der Waals surface area (Å²) in [7, 11) is 0. The van der Waals surface area contributed by atoms with Crippen LogP contribution in [0.15, 0.2) is 42.6 Å². The zero-order chi connectivity index (χ0) is 16.9. The molecule has 3 rings (SSSR count). The fourth-order valence-corrected chi connectivity index (χ4v) is 3.43. The minimum absolute atomic E-state index is 0.589. The molecule has 0 aliphatic carbocycles. The SMILES string of the molecule is C=C(C)CN1CCC(NCc2cn[nH]c2-c2cccc(C)c2)CC1. The number of hydrogen-bond donors (Lipinski definition) is 2. The van der Waals surface area contributed by atoms with Crippen molar-refractivity contribution in [2.24, 2.45) is 0 Å². The molecule has 0 atom stereocenters. The normalized spacial score (nSPS) is 16.4. The maximum Gasteiger partial charge on any atom is 0.0695 e. The van der Waals surface area contributed by atoms with Crippen molar-refractivity contribution in [3.8, 4) is 11.3 Å². The number of nitrogens with one attached hydrogen (secondary N) is 2. The predicted octanol–water partition coefficient (Wildman–Crippen LogP) is 3.52. The van der Waals surface area contributed by atoms with Crippen molar-refractivity contribution < 1.29 is 0 Å². The average molecular weight is 324 g/mol. The molecule has 1 aromatic carbocycles. The van der Waals surface area contributed by atoms with Gasteiger partial charge in [-0.3, -0.25) is 10.00 Å². The van der Waals surface area contributed by atoms with Crippen molar-refractivity contribution in [1.82, 2.24) is 20.4 Å². The van der Waals surface area contributed by atoms with Crippen LogP contribution in [0.25, 0.3) is 11.3 Å². The summed E-state index contributed by atoms with van der Waals surface area (Å²) in [5, 5.41) is 11.1. The van der Waals surface area contributed by atoms with Gasteiger partial charge < -0.3 is 5.32 Å². The van der Waals surface area contributed by atoms with Crippen molar-refractivity contribution in [3.63, 3.8) is 0 Å². The lowest BCUT2D eigenvalue weighted by Gasteiger charge is -2.32. The summed E-state index contributed by atoms with van der Waals surface area (Å²) in [6.45, 7) is 12.5. The van der Waals surface area contributed by atoms with Gasteiger partial charge >= 0.3 is 0 Å². The lowest BCUT2D eigenvalue weighted by molar-refractivity contribution is 0.211. The van der Waals surface area contributed by atoms with Gasteiger partial charge in [-0.05, 0) is 45.8 Å². The van der Waals surface area contributed by atoms with E-state index in [0.717, 1.165) is 31.9 Å². The van der Waals surface area contributed by atoms with Gasteiger partial charge in [0.15, 0.2) is 0 Å². The summed E-state index contributed by atoms with van der Waals surface area (Å²) in [6.07, 6.45) is 4.34. The number of piperidine rings is 1. The molecule has 2 N–H and O–H groups in total. The molecule has 0 bridgehead atoms. The highest BCUT2D eigenvalue weighted by atomic mass is 15.1. The Morgan fingerprint density at radius 2 is 2.17 bits per heavy atom. The van der Waals surface area contributed by atoms with Crippen LogP contribution in [0.1, 0.15) is 30.9 Å². The maximum atomic E-state index is 4.25. The summed E-state index contributed by atoms with van der Waals surface area (Å²) in [5.41, 5.74) is 6.10. The number of aromatic amines is 1. The maximum absolute atomic E-state index is 4.25. The molecule has 0 spiro atoms. The van der Waals surface area contributed by atoms with E-state index in [9.17, 15) is 0 Å². The van der Waals surface area contributed by atoms with Gasteiger partial charge in [0.25, 0.3) is 0 Å². The van der Waals surface area contributed by atoms with E-state index in [1.807, 2.05) is 6.20 Å². The van der Waals surface area contributed by atoms with Gasteiger partial charge in [0.05, 0.1) is 11.9 Å². The van der Waals surface area contributed by atoms with Crippen LogP contribution in [0.3, 0.4) is 0 Å². The Balaban J connectivity index is 1.55. The zero-order valence-electron chi connectivity index (χ0n) is 14.8. The second kappa shape index (κ2) is 7.77. The number of aromatic nitrogens is 2. The monoisotopic (exact) mass is 324 g/mol. The van der Waals surface area contributed by atoms with Crippen LogP contribution in [0.5, 0.6) is 0 Å². The van der Waals surface area contributed by atoms with Crippen LogP contribution in [0, 0.1) is 6.92 Å². The standard InChI is InChI=1S/C20H28N4/c1-15(2)14-24-9-7-19(8-10-24)21-12-18-13-22-23-20(18)17-6-4-5-16(3)11-17/h4-6,11,13,19,21H,1,7-10,12,14H2,2-3H3,(H,22,23). The van der Waals surface area contributed by atoms with Gasteiger partial charge in [-0.25, -0.2) is 0 Å². The van der Waals surface area contributed by atoms with Crippen LogP contribution in [-0.2, 0) is 6.54 Å². The molecule has 2 heterocycles. The molecule has 24 heavy (non-hydrogen) atoms. The number of nitrogens with zero attached hydrogens (tertiary/aromatic N) is 2. The van der Waals surface area contributed by atoms with Crippen LogP contribution < -0.4 is 5.32 Å². The molecule has 1 fully saturated rings. The zero-order valence-corrected chi connectivity index (χ0v) is 14.8. The van der Waals surface area contributed by atoms with Gasteiger partial charge in [-0.1, -0.05) is 35.9 Å². The summed E-state index contributed by atoms with van der Waals surface area (Å²) in [4.78, 5) is 2.50. The third-order valence-electron chi connectivity index (χ3n) is 4.69. The molecule has 0 saturated carbocycles. The molecular formula is C20H28N4. The van der Waals surface area contributed by atoms with E-state index in [1.54, 1.807) is 0 Å². The van der Waals surface area contributed by atoms with Crippen LogP contribution in [0.4, 0.5) is 0 Å². The highest BCUT2D eigenvalue weighted by molar-refractivity contribution is 5.63. The number of likely N-dealkylation sites (tertiary alicyclic amines) is 1. The molecule has 0 amide bonds. The van der Waals surface area contributed by atoms with Crippen molar-refractivity contribution in [1.29, 1.82) is 0 Å². The first kappa shape index (κ1) is 16.9. The summed E-state index contributed by atoms with van der Waals surface area (Å²) in [6, 6.07) is 9.15. The Labute approximate surface area is 145 Å². The molecule has 1 saturated heterocycles. The smallest absolute Gasteiger partial charge is 0.0695 e. The first-order valence-corrected chi connectivity index (χ1v) is 8.81. The summed E-state index contributed by atoms with van der Waals surface area (Å²) >= 11 is 0. The molecular weight excluding hydrogens is 296 g/mol. The second-order valence-electron chi connectivity index (χ2n) is 7.03. The number of rotatable bonds is 6. The number of hydrogen-bond acceptors (Lipinski definition) is 3. The van der Waals surface area contributed by atoms with E-state index in [0.29, 0.717) is 6.04 Å². The molecule has 0 unspecified atom stereocenters. The summed E-state index contributed by atoms with van der Waals surface area (Å²) in [5.74, 6) is 0. The molecule has 128 valence electrons. The molecule has 4 heteroatoms. The molecule has 2 aromatic rings. The highest BCUT2D eigenvalue weighted by Gasteiger charge is 2.19. The number of benzene rings is 1. The van der Waals surface area contributed by atoms with E-state index in [2.05, 4.69) is 65.1 Å². The van der Waals surface area contributed by atoms with Crippen LogP contribution in [0.2, 0.25) is 0 Å². The van der Waals surface area contributed by atoms with E-state index < -0.39 is 0 Å². The van der Waals surface area contributed by atoms with Gasteiger partial charge in [-0.2, -0.15) is 5.10 Å². The summed E-state index contributed by atoms with van der Waals surface area (Å²) < 4.78 is 0. The van der Waals surface area contributed by atoms with E-state index in [-0.39, 0.29) is 0 Å². The van der Waals surface area contributed by atoms with Crippen molar-refractivity contribution in [2.45, 2.75) is 39.3 Å². The van der Waals surface area contributed by atoms with Crippen molar-refractivity contribution in [2.75, 3.05) is 19.6 Å². The van der Waals surface area contributed by atoms with Gasteiger partial charge in [0, 0.05) is 30.3 Å². The first-order valence-electron chi connectivity index (χ1n) is 8.81. The Kier molecular flexibility index (Phi) is 5.48. The predicted molar refractivity (Wildman–Crippen MR) is 99.9 cm³/mol. The van der Waals surface area contributed by atoms with Gasteiger partial charge in [0.2, 0.25) is 0 Å². The third kappa shape index (κ3) is 4.34. The second-order valence-corrected chi connectivity index (χ2v) is 7.03. The van der Waals surface area contributed by atoms with Crippen LogP contribution in [-0.4, -0.2) is 40.8 Å². The number of H-pyrrole nitrogens is 1. The molecule has 4 nitrogen and oxygen atoms in total. The Bertz CT molecular complexity index is 680. The highest BCUT2D eigenvalue weighted by Crippen LogP contribution is 2.22. The molecule has 1 aliphatic rings. The molecule has 1 aliphatic heterocycles. The molecule has 1 aromatic heterocycles. The lowest BCUT2D eigenvalue weighted by Crippen LogP contribution is -2.42. The fourth-order valence-electron chi connectivity index (χ4n) is 3.43. The van der Waals surface area contributed by atoms with Crippen molar-refractivity contribution in [3.05, 3.63) is 53.7 Å². The topological polar surface area (TPSA) is 44.0 Å². The average Bonchev–Trinajstić information content (AvgIpc) is 3.02. The third-order valence-corrected chi connectivity index (χ3v) is 4.69. The Morgan fingerprint density at radius 1 is 1.38 bits per heavy atom. The largest absolute Gasteiger partial charge is 0.310 e. The minimum Gasteiger partial charge on any atom is -0.310 e. The molecule has 0 radical (unpaired) electrons. The van der Waals surface area contributed by atoms with Gasteiger partial charge in [-0.15, -0.1) is 0 Å². The van der Waals surface area contributed by atoms with Crippen LogP contribution >= 0.6 is 0 Å². The fraction of sp³-hybridized carbons (Fsp3) is 0.450. The number of aryl methyl sites for hydroxylation is 1. The van der Waals surface area contributed by atoms with E-state index in [1.165, 1.54) is 35.1 Å². The van der Waals surface area contributed by atoms with E-state index >= 15 is 0 Å². The lowest BCUT2D eigenvalue weighted by atomic mass is 10.0. The van der Waals surface area contributed by atoms with Crippen molar-refractivity contribution >= 4 is 0 Å². The quantitative estimate of drug-likeness (QED) is 0.799. The Hall–Kier alpha value is -1.91. The van der Waals surface area contributed by atoms with Gasteiger partial charge in [0.1, 0.15) is 0 Å².